The van der Waals surface area contributed by atoms with Crippen LogP contribution in [0.3, 0.4) is 0 Å². The van der Waals surface area contributed by atoms with E-state index in [4.69, 9.17) is 4.74 Å². The number of fused-ring (bicyclic) bond motifs is 6. The minimum Gasteiger partial charge on any atom is -0.497 e. The number of halogens is 1. The molecule has 2 aliphatic rings. The first kappa shape index (κ1) is 16.1. The molecule has 0 amide bonds. The number of hydrogen-bond donors (Lipinski definition) is 1. The molecule has 4 nitrogen and oxygen atoms in total. The molecule has 1 N–H and O–H groups in total. The number of nitrogens with zero attached hydrogens (tertiary/aromatic N) is 1. The number of carbonyl (C=O) groups is 1. The molecule has 3 heterocycles. The number of benzene rings is 1. The van der Waals surface area contributed by atoms with Crippen molar-refractivity contribution in [3.63, 3.8) is 0 Å². The van der Waals surface area contributed by atoms with Gasteiger partial charge in [0.25, 0.3) is 0 Å². The van der Waals surface area contributed by atoms with E-state index in [-0.39, 0.29) is 6.04 Å². The Labute approximate surface area is 155 Å². The molecule has 2 atom stereocenters. The summed E-state index contributed by atoms with van der Waals surface area (Å²) in [4.78, 5) is 18.6. The summed E-state index contributed by atoms with van der Waals surface area (Å²) in [6.45, 7) is 2.92. The molecule has 1 fully saturated rings. The lowest BCUT2D eigenvalue weighted by Gasteiger charge is -2.44. The van der Waals surface area contributed by atoms with Crippen LogP contribution in [0.15, 0.2) is 27.9 Å². The van der Waals surface area contributed by atoms with E-state index in [0.717, 1.165) is 30.7 Å². The van der Waals surface area contributed by atoms with E-state index >= 15 is 0 Å². The standard InChI is InChI=1S/C19H21IN2O2/c1-3-11(20)10-22-16-6-7-18(23)17(22)9-14-13-5-4-12(24-2)8-15(13)21-19(14)16/h3-5,8,16-17,21H,6-7,9-10H2,1-2H3/b11-3-/t16-,17-/m0/s1. The molecule has 0 aliphatic carbocycles. The average Bonchev–Trinajstić information content (AvgIpc) is 2.95. The Morgan fingerprint density at radius 2 is 2.29 bits per heavy atom. The molecular weight excluding hydrogens is 415 g/mol. The number of hydrogen-bond acceptors (Lipinski definition) is 3. The van der Waals surface area contributed by atoms with Gasteiger partial charge in [-0.15, -0.1) is 0 Å². The molecule has 2 bridgehead atoms. The second-order valence-electron chi connectivity index (χ2n) is 6.58. The molecule has 24 heavy (non-hydrogen) atoms. The lowest BCUT2D eigenvalue weighted by molar-refractivity contribution is -0.129. The maximum Gasteiger partial charge on any atom is 0.150 e. The van der Waals surface area contributed by atoms with Crippen LogP contribution in [0.4, 0.5) is 0 Å². The van der Waals surface area contributed by atoms with Crippen LogP contribution in [0.2, 0.25) is 0 Å². The molecule has 0 radical (unpaired) electrons. The summed E-state index contributed by atoms with van der Waals surface area (Å²) in [5.74, 6) is 1.25. The fourth-order valence-corrected chi connectivity index (χ4v) is 4.52. The number of rotatable bonds is 3. The molecule has 2 aromatic rings. The van der Waals surface area contributed by atoms with E-state index in [9.17, 15) is 4.79 Å². The van der Waals surface area contributed by atoms with Crippen LogP contribution in [0.5, 0.6) is 5.75 Å². The van der Waals surface area contributed by atoms with Crippen molar-refractivity contribution in [3.8, 4) is 5.75 Å². The first-order chi connectivity index (χ1) is 11.6. The Hall–Kier alpha value is -1.34. The second kappa shape index (κ2) is 6.19. The topological polar surface area (TPSA) is 45.3 Å². The number of ether oxygens (including phenoxy) is 1. The van der Waals surface area contributed by atoms with Crippen LogP contribution in [-0.2, 0) is 11.2 Å². The third kappa shape index (κ3) is 2.49. The maximum atomic E-state index is 12.6. The van der Waals surface area contributed by atoms with Crippen molar-refractivity contribution in [2.45, 2.75) is 38.3 Å². The van der Waals surface area contributed by atoms with Crippen molar-refractivity contribution in [2.75, 3.05) is 13.7 Å². The molecule has 2 aliphatic heterocycles. The van der Waals surface area contributed by atoms with Gasteiger partial charge < -0.3 is 9.72 Å². The Morgan fingerprint density at radius 3 is 3.04 bits per heavy atom. The van der Waals surface area contributed by atoms with Crippen molar-refractivity contribution in [2.24, 2.45) is 0 Å². The van der Waals surface area contributed by atoms with E-state index < -0.39 is 0 Å². The zero-order valence-electron chi connectivity index (χ0n) is 13.9. The Kier molecular flexibility index (Phi) is 4.16. The Morgan fingerprint density at radius 1 is 1.46 bits per heavy atom. The van der Waals surface area contributed by atoms with Crippen molar-refractivity contribution in [3.05, 3.63) is 39.1 Å². The van der Waals surface area contributed by atoms with Crippen LogP contribution in [0.1, 0.15) is 37.1 Å². The number of Topliss-reactive ketones (excluding diaryl/α,β-unsaturated/α-hetero) is 1. The molecule has 1 aromatic heterocycles. The molecule has 0 unspecified atom stereocenters. The highest BCUT2D eigenvalue weighted by molar-refractivity contribution is 14.1. The highest BCUT2D eigenvalue weighted by Crippen LogP contribution is 2.43. The fraction of sp³-hybridized carbons (Fsp3) is 0.421. The van der Waals surface area contributed by atoms with E-state index in [1.807, 2.05) is 6.07 Å². The molecular formula is C19H21IN2O2. The molecule has 0 saturated carbocycles. The predicted molar refractivity (Wildman–Crippen MR) is 104 cm³/mol. The lowest BCUT2D eigenvalue weighted by atomic mass is 9.82. The summed E-state index contributed by atoms with van der Waals surface area (Å²) in [5.41, 5.74) is 3.73. The van der Waals surface area contributed by atoms with Gasteiger partial charge in [0.15, 0.2) is 0 Å². The minimum absolute atomic E-state index is 0.0158. The Balaban J connectivity index is 1.82. The van der Waals surface area contributed by atoms with Crippen molar-refractivity contribution in [1.82, 2.24) is 9.88 Å². The summed E-state index contributed by atoms with van der Waals surface area (Å²) in [6, 6.07) is 6.50. The monoisotopic (exact) mass is 436 g/mol. The normalized spacial score (nSPS) is 24.3. The van der Waals surface area contributed by atoms with Gasteiger partial charge in [-0.05, 0) is 60.1 Å². The fourth-order valence-electron chi connectivity index (χ4n) is 4.12. The van der Waals surface area contributed by atoms with Crippen LogP contribution < -0.4 is 4.74 Å². The van der Waals surface area contributed by atoms with Gasteiger partial charge in [0, 0.05) is 39.2 Å². The first-order valence-electron chi connectivity index (χ1n) is 8.40. The van der Waals surface area contributed by atoms with E-state index in [1.54, 1.807) is 7.11 Å². The zero-order chi connectivity index (χ0) is 16.8. The number of ketones is 1. The Bertz CT molecular complexity index is 839. The van der Waals surface area contributed by atoms with Crippen molar-refractivity contribution >= 4 is 39.3 Å². The second-order valence-corrected chi connectivity index (χ2v) is 7.96. The van der Waals surface area contributed by atoms with Gasteiger partial charge in [0.2, 0.25) is 0 Å². The van der Waals surface area contributed by atoms with Crippen LogP contribution >= 0.6 is 22.6 Å². The van der Waals surface area contributed by atoms with Gasteiger partial charge in [-0.2, -0.15) is 0 Å². The summed E-state index contributed by atoms with van der Waals surface area (Å²) < 4.78 is 6.64. The van der Waals surface area contributed by atoms with Crippen LogP contribution in [-0.4, -0.2) is 35.4 Å². The molecule has 0 spiro atoms. The number of aromatic nitrogens is 1. The molecule has 126 valence electrons. The number of methoxy groups -OCH3 is 1. The lowest BCUT2D eigenvalue weighted by Crippen LogP contribution is -2.52. The number of H-pyrrole nitrogens is 1. The minimum atomic E-state index is 0.0158. The third-order valence-electron chi connectivity index (χ3n) is 5.36. The van der Waals surface area contributed by atoms with Gasteiger partial charge in [0.1, 0.15) is 11.5 Å². The molecule has 4 rings (SSSR count). The third-order valence-corrected chi connectivity index (χ3v) is 6.32. The summed E-state index contributed by atoms with van der Waals surface area (Å²) in [6.07, 6.45) is 4.54. The van der Waals surface area contributed by atoms with Crippen LogP contribution in [0.25, 0.3) is 10.9 Å². The smallest absolute Gasteiger partial charge is 0.150 e. The maximum absolute atomic E-state index is 12.6. The SMILES string of the molecule is C/C=C(\I)CN1[C@H]2Cc3c([nH]c4cc(OC)ccc34)[C@@H]1CCC2=O. The zero-order valence-corrected chi connectivity index (χ0v) is 16.1. The largest absolute Gasteiger partial charge is 0.497 e. The number of allylic oxidation sites excluding steroid dienone is 1. The molecule has 1 aromatic carbocycles. The molecule has 5 heteroatoms. The van der Waals surface area contributed by atoms with Gasteiger partial charge >= 0.3 is 0 Å². The quantitative estimate of drug-likeness (QED) is 0.736. The number of piperidine rings is 1. The highest BCUT2D eigenvalue weighted by atomic mass is 127. The number of aromatic amines is 1. The van der Waals surface area contributed by atoms with E-state index in [1.165, 1.54) is 20.2 Å². The van der Waals surface area contributed by atoms with Gasteiger partial charge in [-0.1, -0.05) is 6.08 Å². The highest BCUT2D eigenvalue weighted by Gasteiger charge is 2.43. The van der Waals surface area contributed by atoms with Crippen molar-refractivity contribution in [1.29, 1.82) is 0 Å². The summed E-state index contributed by atoms with van der Waals surface area (Å²) >= 11 is 2.38. The summed E-state index contributed by atoms with van der Waals surface area (Å²) in [5, 5.41) is 1.23. The predicted octanol–water partition coefficient (Wildman–Crippen LogP) is 4.15. The number of carbonyl (C=O) groups excluding carboxylic acids is 1. The number of nitrogens with one attached hydrogen (secondary N) is 1. The first-order valence-corrected chi connectivity index (χ1v) is 9.48. The van der Waals surface area contributed by atoms with Gasteiger partial charge in [-0.25, -0.2) is 0 Å². The van der Waals surface area contributed by atoms with Crippen LogP contribution in [0, 0.1) is 0 Å². The van der Waals surface area contributed by atoms with E-state index in [2.05, 4.69) is 57.6 Å². The molecule has 1 saturated heterocycles. The van der Waals surface area contributed by atoms with Gasteiger partial charge in [-0.3, -0.25) is 9.69 Å². The van der Waals surface area contributed by atoms with Gasteiger partial charge in [0.05, 0.1) is 19.2 Å². The summed E-state index contributed by atoms with van der Waals surface area (Å²) in [7, 11) is 1.69. The average molecular weight is 436 g/mol. The van der Waals surface area contributed by atoms with Crippen molar-refractivity contribution < 1.29 is 9.53 Å². The van der Waals surface area contributed by atoms with E-state index in [0.29, 0.717) is 18.2 Å².